The van der Waals surface area contributed by atoms with Crippen LogP contribution in [0.4, 0.5) is 5.69 Å². The van der Waals surface area contributed by atoms with E-state index >= 15 is 0 Å². The maximum atomic E-state index is 5.94. The van der Waals surface area contributed by atoms with Gasteiger partial charge in [0.2, 0.25) is 0 Å². The number of halogens is 1. The third-order valence-corrected chi connectivity index (χ3v) is 8.17. The number of anilines is 1. The van der Waals surface area contributed by atoms with Gasteiger partial charge >= 0.3 is 0 Å². The number of rotatable bonds is 4. The Bertz CT molecular complexity index is 1410. The average molecular weight is 546 g/mol. The largest absolute Gasteiger partial charge is 0.351 e. The number of benzene rings is 2. The van der Waals surface area contributed by atoms with E-state index in [1.165, 1.54) is 39.3 Å². The van der Waals surface area contributed by atoms with Crippen LogP contribution in [0.5, 0.6) is 0 Å². The molecule has 2 aromatic heterocycles. The Morgan fingerprint density at radius 3 is 2.29 bits per heavy atom. The number of pyridine rings is 1. The predicted octanol–water partition coefficient (Wildman–Crippen LogP) is 7.35. The van der Waals surface area contributed by atoms with Crippen molar-refractivity contribution in [3.63, 3.8) is 0 Å². The van der Waals surface area contributed by atoms with E-state index in [0.717, 1.165) is 15.9 Å². The monoisotopic (exact) mass is 544 g/mol. The summed E-state index contributed by atoms with van der Waals surface area (Å²) in [5.41, 5.74) is 10.7. The summed E-state index contributed by atoms with van der Waals surface area (Å²) >= 11 is 9.58. The van der Waals surface area contributed by atoms with Crippen molar-refractivity contribution in [3.8, 4) is 5.69 Å². The molecule has 1 aliphatic heterocycles. The van der Waals surface area contributed by atoms with Crippen molar-refractivity contribution in [1.29, 1.82) is 0 Å². The van der Waals surface area contributed by atoms with Crippen molar-refractivity contribution < 1.29 is 0 Å². The van der Waals surface area contributed by atoms with Gasteiger partial charge in [0, 0.05) is 27.7 Å². The molecule has 3 heterocycles. The fourth-order valence-corrected chi connectivity index (χ4v) is 5.91. The van der Waals surface area contributed by atoms with Gasteiger partial charge in [-0.3, -0.25) is 4.98 Å². The second-order valence-corrected chi connectivity index (χ2v) is 10.6. The van der Waals surface area contributed by atoms with Crippen LogP contribution < -0.4 is 10.2 Å². The zero-order valence-corrected chi connectivity index (χ0v) is 23.0. The van der Waals surface area contributed by atoms with Crippen molar-refractivity contribution in [3.05, 3.63) is 111 Å². The number of para-hydroxylation sites is 1. The zero-order valence-electron chi connectivity index (χ0n) is 20.6. The van der Waals surface area contributed by atoms with Gasteiger partial charge in [-0.1, -0.05) is 40.2 Å². The molecule has 0 aliphatic carbocycles. The first kappa shape index (κ1) is 23.8. The predicted molar refractivity (Wildman–Crippen MR) is 152 cm³/mol. The standard InChI is InChI=1S/C29H29BrN4S/c1-17-9-8-10-18(2)27(17)33-20(4)16-23(21(33)5)28-26(25-11-6-7-14-31-25)32-29(35)34(28)22-12-13-24(30)19(3)15-22/h6-16,26,28H,1-5H3,(H,32,35)/t26-,28-/m1/s1. The Kier molecular flexibility index (Phi) is 6.28. The topological polar surface area (TPSA) is 33.1 Å². The van der Waals surface area contributed by atoms with Gasteiger partial charge in [0.05, 0.1) is 23.5 Å². The van der Waals surface area contributed by atoms with Crippen molar-refractivity contribution in [1.82, 2.24) is 14.9 Å². The summed E-state index contributed by atoms with van der Waals surface area (Å²) in [4.78, 5) is 6.97. The second-order valence-electron chi connectivity index (χ2n) is 9.33. The highest BCUT2D eigenvalue weighted by atomic mass is 79.9. The Hall–Kier alpha value is -2.96. The minimum Gasteiger partial charge on any atom is -0.351 e. The van der Waals surface area contributed by atoms with E-state index in [2.05, 4.69) is 114 Å². The summed E-state index contributed by atoms with van der Waals surface area (Å²) in [5, 5.41) is 4.31. The van der Waals surface area contributed by atoms with Crippen molar-refractivity contribution in [2.24, 2.45) is 0 Å². The molecule has 178 valence electrons. The molecule has 1 N–H and O–H groups in total. The van der Waals surface area contributed by atoms with Gasteiger partial charge in [0.1, 0.15) is 0 Å². The Labute approximate surface area is 221 Å². The van der Waals surface area contributed by atoms with E-state index in [1.54, 1.807) is 0 Å². The molecule has 2 aromatic carbocycles. The van der Waals surface area contributed by atoms with Crippen LogP contribution in [0, 0.1) is 34.6 Å². The van der Waals surface area contributed by atoms with Gasteiger partial charge < -0.3 is 14.8 Å². The summed E-state index contributed by atoms with van der Waals surface area (Å²) < 4.78 is 3.48. The third-order valence-electron chi connectivity index (χ3n) is 6.97. The fraction of sp³-hybridized carbons (Fsp3) is 0.241. The number of aryl methyl sites for hydroxylation is 4. The molecule has 4 nitrogen and oxygen atoms in total. The molecule has 1 saturated heterocycles. The first-order chi connectivity index (χ1) is 16.8. The van der Waals surface area contributed by atoms with Gasteiger partial charge in [-0.2, -0.15) is 0 Å². The van der Waals surface area contributed by atoms with E-state index < -0.39 is 0 Å². The van der Waals surface area contributed by atoms with Crippen LogP contribution in [-0.4, -0.2) is 14.7 Å². The summed E-state index contributed by atoms with van der Waals surface area (Å²) in [7, 11) is 0. The van der Waals surface area contributed by atoms with Gasteiger partial charge in [-0.05, 0) is 105 Å². The molecule has 4 aromatic rings. The Morgan fingerprint density at radius 2 is 1.63 bits per heavy atom. The number of hydrogen-bond donors (Lipinski definition) is 1. The number of aromatic nitrogens is 2. The smallest absolute Gasteiger partial charge is 0.174 e. The second kappa shape index (κ2) is 9.25. The maximum Gasteiger partial charge on any atom is 0.174 e. The van der Waals surface area contributed by atoms with Crippen LogP contribution in [0.2, 0.25) is 0 Å². The Morgan fingerprint density at radius 1 is 0.886 bits per heavy atom. The number of hydrogen-bond acceptors (Lipinski definition) is 2. The average Bonchev–Trinajstić information content (AvgIpc) is 3.32. The van der Waals surface area contributed by atoms with Crippen LogP contribution >= 0.6 is 28.1 Å². The van der Waals surface area contributed by atoms with E-state index in [4.69, 9.17) is 17.2 Å². The van der Waals surface area contributed by atoms with Crippen molar-refractivity contribution in [2.45, 2.75) is 46.7 Å². The molecule has 0 saturated carbocycles. The summed E-state index contributed by atoms with van der Waals surface area (Å²) in [5.74, 6) is 0. The number of thiocarbonyl (C=S) groups is 1. The van der Waals surface area contributed by atoms with E-state index in [9.17, 15) is 0 Å². The van der Waals surface area contributed by atoms with Gasteiger partial charge in [0.15, 0.2) is 5.11 Å². The van der Waals surface area contributed by atoms with Crippen LogP contribution in [0.3, 0.4) is 0 Å². The molecule has 2 atom stereocenters. The minimum atomic E-state index is -0.0698. The van der Waals surface area contributed by atoms with Crippen LogP contribution in [0.15, 0.2) is 71.3 Å². The molecule has 0 spiro atoms. The van der Waals surface area contributed by atoms with Gasteiger partial charge in [0.25, 0.3) is 0 Å². The van der Waals surface area contributed by atoms with Crippen molar-refractivity contribution >= 4 is 38.9 Å². The summed E-state index contributed by atoms with van der Waals surface area (Å²) in [6, 6.07) is 21.2. The van der Waals surface area contributed by atoms with E-state index in [-0.39, 0.29) is 12.1 Å². The SMILES string of the molecule is Cc1cc(N2C(=S)N[C@H](c3ccccn3)[C@H]2c2cc(C)n(-c3c(C)cccc3C)c2C)ccc1Br. The molecule has 35 heavy (non-hydrogen) atoms. The zero-order chi connectivity index (χ0) is 24.9. The van der Waals surface area contributed by atoms with Crippen LogP contribution in [-0.2, 0) is 0 Å². The van der Waals surface area contributed by atoms with E-state index in [0.29, 0.717) is 5.11 Å². The van der Waals surface area contributed by atoms with E-state index in [1.807, 2.05) is 18.3 Å². The molecule has 1 aliphatic rings. The van der Waals surface area contributed by atoms with Gasteiger partial charge in [-0.25, -0.2) is 0 Å². The summed E-state index contributed by atoms with van der Waals surface area (Å²) in [6.45, 7) is 10.9. The Balaban J connectivity index is 1.72. The minimum absolute atomic E-state index is 0.0396. The summed E-state index contributed by atoms with van der Waals surface area (Å²) in [6.07, 6.45) is 1.85. The molecular weight excluding hydrogens is 516 g/mol. The van der Waals surface area contributed by atoms with Crippen molar-refractivity contribution in [2.75, 3.05) is 4.90 Å². The normalized spacial score (nSPS) is 17.7. The quantitative estimate of drug-likeness (QED) is 0.272. The lowest BCUT2D eigenvalue weighted by Gasteiger charge is -2.28. The highest BCUT2D eigenvalue weighted by Crippen LogP contribution is 2.44. The first-order valence-corrected chi connectivity index (χ1v) is 13.0. The molecule has 0 radical (unpaired) electrons. The van der Waals surface area contributed by atoms with Crippen LogP contribution in [0.1, 0.15) is 51.4 Å². The lowest BCUT2D eigenvalue weighted by Crippen LogP contribution is -2.29. The first-order valence-electron chi connectivity index (χ1n) is 11.8. The molecule has 1 fully saturated rings. The molecule has 5 rings (SSSR count). The lowest BCUT2D eigenvalue weighted by molar-refractivity contribution is 0.565. The van der Waals surface area contributed by atoms with Gasteiger partial charge in [-0.15, -0.1) is 0 Å². The fourth-order valence-electron chi connectivity index (χ4n) is 5.32. The number of nitrogens with one attached hydrogen (secondary N) is 1. The molecule has 0 bridgehead atoms. The number of nitrogens with zero attached hydrogens (tertiary/aromatic N) is 3. The van der Waals surface area contributed by atoms with Crippen LogP contribution in [0.25, 0.3) is 5.69 Å². The maximum absolute atomic E-state index is 5.94. The lowest BCUT2D eigenvalue weighted by atomic mass is 9.96. The molecular formula is C29H29BrN4S. The molecule has 0 amide bonds. The third kappa shape index (κ3) is 4.09. The molecule has 6 heteroatoms. The molecule has 0 unspecified atom stereocenters. The highest BCUT2D eigenvalue weighted by molar-refractivity contribution is 9.10. The highest BCUT2D eigenvalue weighted by Gasteiger charge is 2.42.